The van der Waals surface area contributed by atoms with E-state index in [4.69, 9.17) is 10.2 Å². The van der Waals surface area contributed by atoms with Crippen molar-refractivity contribution < 1.29 is 4.42 Å². The SMILES string of the molecule is NC1(c2ccc(Br)o2)CC1. The maximum atomic E-state index is 5.87. The molecule has 1 fully saturated rings. The fourth-order valence-corrected chi connectivity index (χ4v) is 1.27. The van der Waals surface area contributed by atoms with Crippen molar-refractivity contribution >= 4 is 15.9 Å². The molecule has 0 aromatic carbocycles. The molecule has 2 rings (SSSR count). The predicted octanol–water partition coefficient (Wildman–Crippen LogP) is 1.99. The van der Waals surface area contributed by atoms with Crippen LogP contribution in [-0.2, 0) is 5.54 Å². The van der Waals surface area contributed by atoms with E-state index in [1.165, 1.54) is 0 Å². The van der Waals surface area contributed by atoms with Gasteiger partial charge in [0.2, 0.25) is 0 Å². The van der Waals surface area contributed by atoms with E-state index in [9.17, 15) is 0 Å². The molecule has 1 heterocycles. The van der Waals surface area contributed by atoms with Gasteiger partial charge in [0.25, 0.3) is 0 Å². The minimum absolute atomic E-state index is 0.133. The largest absolute Gasteiger partial charge is 0.452 e. The van der Waals surface area contributed by atoms with Crippen LogP contribution >= 0.6 is 15.9 Å². The second-order valence-corrected chi connectivity index (χ2v) is 3.54. The molecule has 0 spiro atoms. The van der Waals surface area contributed by atoms with Gasteiger partial charge in [0.1, 0.15) is 5.76 Å². The standard InChI is InChI=1S/C7H8BrNO/c8-6-2-1-5(10-6)7(9)3-4-7/h1-2H,3-4,9H2. The maximum absolute atomic E-state index is 5.87. The van der Waals surface area contributed by atoms with Gasteiger partial charge in [-0.2, -0.15) is 0 Å². The topological polar surface area (TPSA) is 39.2 Å². The van der Waals surface area contributed by atoms with Crippen molar-refractivity contribution in [1.82, 2.24) is 0 Å². The summed E-state index contributed by atoms with van der Waals surface area (Å²) in [6.07, 6.45) is 2.10. The highest BCUT2D eigenvalue weighted by Crippen LogP contribution is 2.43. The third-order valence-electron chi connectivity index (χ3n) is 1.85. The summed E-state index contributed by atoms with van der Waals surface area (Å²) in [6.45, 7) is 0. The van der Waals surface area contributed by atoms with Crippen LogP contribution in [0.3, 0.4) is 0 Å². The van der Waals surface area contributed by atoms with Crippen LogP contribution in [0.25, 0.3) is 0 Å². The molecule has 0 aliphatic heterocycles. The smallest absolute Gasteiger partial charge is 0.169 e. The van der Waals surface area contributed by atoms with E-state index in [-0.39, 0.29) is 5.54 Å². The first-order valence-electron chi connectivity index (χ1n) is 3.25. The Bertz CT molecular complexity index is 252. The molecule has 0 radical (unpaired) electrons. The van der Waals surface area contributed by atoms with Crippen LogP contribution in [0.1, 0.15) is 18.6 Å². The zero-order valence-electron chi connectivity index (χ0n) is 5.43. The molecule has 1 aliphatic rings. The van der Waals surface area contributed by atoms with E-state index in [0.29, 0.717) is 0 Å². The normalized spacial score (nSPS) is 21.0. The van der Waals surface area contributed by atoms with Gasteiger partial charge in [0.15, 0.2) is 4.67 Å². The Balaban J connectivity index is 2.34. The van der Waals surface area contributed by atoms with Crippen LogP contribution in [0.5, 0.6) is 0 Å². The zero-order valence-corrected chi connectivity index (χ0v) is 7.02. The summed E-state index contributed by atoms with van der Waals surface area (Å²) in [5.41, 5.74) is 5.73. The molecular formula is C7H8BrNO. The molecule has 3 heteroatoms. The van der Waals surface area contributed by atoms with E-state index in [1.807, 2.05) is 12.1 Å². The summed E-state index contributed by atoms with van der Waals surface area (Å²) >= 11 is 3.23. The van der Waals surface area contributed by atoms with Crippen molar-refractivity contribution in [1.29, 1.82) is 0 Å². The highest BCUT2D eigenvalue weighted by Gasteiger charge is 2.42. The van der Waals surface area contributed by atoms with Crippen LogP contribution < -0.4 is 5.73 Å². The molecule has 0 amide bonds. The summed E-state index contributed by atoms with van der Waals surface area (Å²) in [6, 6.07) is 3.80. The molecule has 0 unspecified atom stereocenters. The van der Waals surface area contributed by atoms with Gasteiger partial charge in [-0.15, -0.1) is 0 Å². The highest BCUT2D eigenvalue weighted by molar-refractivity contribution is 9.10. The van der Waals surface area contributed by atoms with Gasteiger partial charge in [-0.1, -0.05) is 0 Å². The minimum atomic E-state index is -0.133. The number of hydrogen-bond acceptors (Lipinski definition) is 2. The van der Waals surface area contributed by atoms with Crippen LogP contribution in [-0.4, -0.2) is 0 Å². The average molecular weight is 202 g/mol. The van der Waals surface area contributed by atoms with E-state index in [2.05, 4.69) is 15.9 Å². The van der Waals surface area contributed by atoms with Crippen molar-refractivity contribution in [2.75, 3.05) is 0 Å². The molecule has 1 aromatic heterocycles. The molecule has 2 N–H and O–H groups in total. The highest BCUT2D eigenvalue weighted by atomic mass is 79.9. The molecule has 2 nitrogen and oxygen atoms in total. The van der Waals surface area contributed by atoms with Crippen LogP contribution in [0.15, 0.2) is 21.2 Å². The lowest BCUT2D eigenvalue weighted by atomic mass is 10.2. The summed E-state index contributed by atoms with van der Waals surface area (Å²) in [5.74, 6) is 0.902. The lowest BCUT2D eigenvalue weighted by molar-refractivity contribution is 0.441. The monoisotopic (exact) mass is 201 g/mol. The molecular weight excluding hydrogens is 194 g/mol. The zero-order chi connectivity index (χ0) is 7.19. The molecule has 10 heavy (non-hydrogen) atoms. The van der Waals surface area contributed by atoms with E-state index < -0.39 is 0 Å². The van der Waals surface area contributed by atoms with Gasteiger partial charge < -0.3 is 10.2 Å². The van der Waals surface area contributed by atoms with Crippen molar-refractivity contribution in [2.24, 2.45) is 5.73 Å². The Morgan fingerprint density at radius 2 is 2.20 bits per heavy atom. The first-order chi connectivity index (χ1) is 4.71. The predicted molar refractivity (Wildman–Crippen MR) is 41.5 cm³/mol. The molecule has 1 aromatic rings. The van der Waals surface area contributed by atoms with E-state index in [0.717, 1.165) is 23.3 Å². The molecule has 0 bridgehead atoms. The van der Waals surface area contributed by atoms with Gasteiger partial charge in [-0.25, -0.2) is 0 Å². The minimum Gasteiger partial charge on any atom is -0.452 e. The summed E-state index contributed by atoms with van der Waals surface area (Å²) in [5, 5.41) is 0. The fraction of sp³-hybridized carbons (Fsp3) is 0.429. The van der Waals surface area contributed by atoms with E-state index >= 15 is 0 Å². The summed E-state index contributed by atoms with van der Waals surface area (Å²) in [4.78, 5) is 0. The second-order valence-electron chi connectivity index (χ2n) is 2.76. The van der Waals surface area contributed by atoms with Gasteiger partial charge in [-0.05, 0) is 40.9 Å². The molecule has 1 saturated carbocycles. The van der Waals surface area contributed by atoms with Crippen LogP contribution in [0.2, 0.25) is 0 Å². The van der Waals surface area contributed by atoms with Gasteiger partial charge >= 0.3 is 0 Å². The lowest BCUT2D eigenvalue weighted by Crippen LogP contribution is -2.17. The Labute approximate surface area is 67.5 Å². The van der Waals surface area contributed by atoms with Crippen molar-refractivity contribution in [3.63, 3.8) is 0 Å². The van der Waals surface area contributed by atoms with Crippen molar-refractivity contribution in [2.45, 2.75) is 18.4 Å². The third-order valence-corrected chi connectivity index (χ3v) is 2.28. The lowest BCUT2D eigenvalue weighted by Gasteiger charge is -2.01. The maximum Gasteiger partial charge on any atom is 0.169 e. The van der Waals surface area contributed by atoms with Gasteiger partial charge in [-0.3, -0.25) is 0 Å². The Morgan fingerprint density at radius 1 is 1.50 bits per heavy atom. The Hall–Kier alpha value is -0.280. The number of nitrogens with two attached hydrogens (primary N) is 1. The Morgan fingerprint density at radius 3 is 2.60 bits per heavy atom. The number of halogens is 1. The summed E-state index contributed by atoms with van der Waals surface area (Å²) in [7, 11) is 0. The number of hydrogen-bond donors (Lipinski definition) is 1. The third kappa shape index (κ3) is 0.896. The summed E-state index contributed by atoms with van der Waals surface area (Å²) < 4.78 is 6.07. The van der Waals surface area contributed by atoms with Gasteiger partial charge in [0.05, 0.1) is 5.54 Å². The molecule has 0 saturated heterocycles. The van der Waals surface area contributed by atoms with E-state index in [1.54, 1.807) is 0 Å². The van der Waals surface area contributed by atoms with Crippen LogP contribution in [0.4, 0.5) is 0 Å². The van der Waals surface area contributed by atoms with Crippen molar-refractivity contribution in [3.05, 3.63) is 22.6 Å². The number of furan rings is 1. The van der Waals surface area contributed by atoms with Crippen LogP contribution in [0, 0.1) is 0 Å². The average Bonchev–Trinajstić information content (AvgIpc) is 2.45. The molecule has 1 aliphatic carbocycles. The first kappa shape index (κ1) is 6.43. The van der Waals surface area contributed by atoms with Crippen molar-refractivity contribution in [3.8, 4) is 0 Å². The van der Waals surface area contributed by atoms with Gasteiger partial charge in [0, 0.05) is 0 Å². The molecule has 0 atom stereocenters. The quantitative estimate of drug-likeness (QED) is 0.756. The first-order valence-corrected chi connectivity index (χ1v) is 4.05. The fourth-order valence-electron chi connectivity index (χ4n) is 0.963. The second kappa shape index (κ2) is 1.86. The number of rotatable bonds is 1. The Kier molecular flexibility index (Phi) is 1.20. The molecule has 54 valence electrons.